The fourth-order valence-corrected chi connectivity index (χ4v) is 3.88. The minimum absolute atomic E-state index is 0.0333. The second kappa shape index (κ2) is 5.51. The van der Waals surface area contributed by atoms with E-state index in [2.05, 4.69) is 0 Å². The maximum Gasteiger partial charge on any atom is 0.341 e. The maximum atomic E-state index is 12.0. The van der Waals surface area contributed by atoms with Crippen LogP contribution in [0.4, 0.5) is 5.00 Å². The van der Waals surface area contributed by atoms with Crippen LogP contribution in [-0.2, 0) is 16.0 Å². The summed E-state index contributed by atoms with van der Waals surface area (Å²) in [6.45, 7) is 4.40. The lowest BCUT2D eigenvalue weighted by atomic mass is 10.1. The van der Waals surface area contributed by atoms with E-state index in [1.807, 2.05) is 13.8 Å². The fourth-order valence-electron chi connectivity index (χ4n) is 2.35. The first-order valence-electron chi connectivity index (χ1n) is 6.14. The number of hydrogen-bond acceptors (Lipinski definition) is 4. The molecule has 0 bridgehead atoms. The van der Waals surface area contributed by atoms with Gasteiger partial charge in [-0.15, -0.1) is 22.9 Å². The number of nitrogens with zero attached hydrogens (tertiary/aromatic N) is 1. The van der Waals surface area contributed by atoms with Crippen LogP contribution < -0.4 is 4.90 Å². The van der Waals surface area contributed by atoms with Crippen molar-refractivity contribution in [2.75, 3.05) is 18.6 Å². The number of rotatable bonds is 3. The Morgan fingerprint density at radius 3 is 2.74 bits per heavy atom. The van der Waals surface area contributed by atoms with E-state index in [0.29, 0.717) is 23.5 Å². The minimum atomic E-state index is -0.387. The van der Waals surface area contributed by atoms with Gasteiger partial charge in [0.25, 0.3) is 0 Å². The molecule has 1 amide bonds. The maximum absolute atomic E-state index is 12.0. The predicted octanol–water partition coefficient (Wildman–Crippen LogP) is 2.75. The van der Waals surface area contributed by atoms with E-state index in [0.717, 1.165) is 16.9 Å². The zero-order valence-electron chi connectivity index (χ0n) is 11.2. The molecule has 0 radical (unpaired) electrons. The van der Waals surface area contributed by atoms with Crippen molar-refractivity contribution in [2.24, 2.45) is 0 Å². The van der Waals surface area contributed by atoms with Crippen molar-refractivity contribution in [1.82, 2.24) is 0 Å². The molecule has 104 valence electrons. The van der Waals surface area contributed by atoms with Crippen LogP contribution in [-0.4, -0.2) is 30.9 Å². The Morgan fingerprint density at radius 1 is 1.58 bits per heavy atom. The highest BCUT2D eigenvalue weighted by Gasteiger charge is 2.34. The van der Waals surface area contributed by atoms with Crippen LogP contribution in [0, 0.1) is 6.92 Å². The van der Waals surface area contributed by atoms with Crippen LogP contribution in [0.25, 0.3) is 0 Å². The number of carbonyl (C=O) groups excluding carboxylic acids is 2. The van der Waals surface area contributed by atoms with Crippen molar-refractivity contribution in [3.8, 4) is 0 Å². The van der Waals surface area contributed by atoms with Gasteiger partial charge in [0.1, 0.15) is 5.00 Å². The molecular formula is C13H16ClNO3S. The summed E-state index contributed by atoms with van der Waals surface area (Å²) in [6.07, 6.45) is 1.06. The highest BCUT2D eigenvalue weighted by Crippen LogP contribution is 2.39. The topological polar surface area (TPSA) is 46.6 Å². The molecule has 6 heteroatoms. The molecule has 0 aromatic carbocycles. The number of halogens is 1. The molecule has 1 atom stereocenters. The first-order chi connectivity index (χ1) is 8.99. The van der Waals surface area contributed by atoms with Gasteiger partial charge in [0.2, 0.25) is 5.91 Å². The van der Waals surface area contributed by atoms with Gasteiger partial charge in [-0.1, -0.05) is 6.92 Å². The van der Waals surface area contributed by atoms with E-state index in [9.17, 15) is 9.59 Å². The average molecular weight is 302 g/mol. The SMILES string of the molecule is CCc1c(C)sc(N2CC(Cl)CC2=O)c1C(=O)OC. The van der Waals surface area contributed by atoms with E-state index in [-0.39, 0.29) is 17.3 Å². The zero-order valence-corrected chi connectivity index (χ0v) is 12.7. The van der Waals surface area contributed by atoms with Gasteiger partial charge in [0.05, 0.1) is 18.1 Å². The molecule has 19 heavy (non-hydrogen) atoms. The van der Waals surface area contributed by atoms with Crippen molar-refractivity contribution >= 4 is 39.8 Å². The van der Waals surface area contributed by atoms with Crippen molar-refractivity contribution < 1.29 is 14.3 Å². The second-order valence-corrected chi connectivity index (χ2v) is 6.29. The first-order valence-corrected chi connectivity index (χ1v) is 7.39. The number of ether oxygens (including phenoxy) is 1. The molecule has 1 aliphatic heterocycles. The number of carbonyl (C=O) groups is 2. The number of amides is 1. The molecule has 0 aliphatic carbocycles. The van der Waals surface area contributed by atoms with Gasteiger partial charge in [0, 0.05) is 17.8 Å². The van der Waals surface area contributed by atoms with Crippen LogP contribution in [0.3, 0.4) is 0 Å². The highest BCUT2D eigenvalue weighted by atomic mass is 35.5. The summed E-state index contributed by atoms with van der Waals surface area (Å²) in [5.41, 5.74) is 1.48. The predicted molar refractivity (Wildman–Crippen MR) is 76.4 cm³/mol. The van der Waals surface area contributed by atoms with Crippen molar-refractivity contribution in [3.05, 3.63) is 16.0 Å². The van der Waals surface area contributed by atoms with Gasteiger partial charge in [-0.3, -0.25) is 4.79 Å². The zero-order chi connectivity index (χ0) is 14.2. The fraction of sp³-hybridized carbons (Fsp3) is 0.538. The lowest BCUT2D eigenvalue weighted by molar-refractivity contribution is -0.117. The molecule has 2 heterocycles. The van der Waals surface area contributed by atoms with Gasteiger partial charge < -0.3 is 9.64 Å². The molecule has 1 aromatic heterocycles. The largest absolute Gasteiger partial charge is 0.465 e. The Morgan fingerprint density at radius 2 is 2.26 bits per heavy atom. The van der Waals surface area contributed by atoms with Crippen LogP contribution in [0.1, 0.15) is 34.1 Å². The summed E-state index contributed by atoms with van der Waals surface area (Å²) in [5.74, 6) is -0.420. The number of thiophene rings is 1. The Kier molecular flexibility index (Phi) is 4.16. The van der Waals surface area contributed by atoms with Crippen LogP contribution in [0.15, 0.2) is 0 Å². The van der Waals surface area contributed by atoms with Gasteiger partial charge in [-0.2, -0.15) is 0 Å². The van der Waals surface area contributed by atoms with E-state index < -0.39 is 0 Å². The molecule has 0 spiro atoms. The van der Waals surface area contributed by atoms with E-state index in [1.165, 1.54) is 18.4 Å². The van der Waals surface area contributed by atoms with Gasteiger partial charge in [-0.05, 0) is 18.9 Å². The number of anilines is 1. The summed E-state index contributed by atoms with van der Waals surface area (Å²) in [4.78, 5) is 26.6. The van der Waals surface area contributed by atoms with Crippen LogP contribution in [0.5, 0.6) is 0 Å². The average Bonchev–Trinajstić information content (AvgIpc) is 2.87. The standard InChI is InChI=1S/C13H16ClNO3S/c1-4-9-7(2)19-12(11(9)13(17)18-3)15-6-8(14)5-10(15)16/h8H,4-6H2,1-3H3. The summed E-state index contributed by atoms with van der Waals surface area (Å²) in [5, 5.41) is 0.486. The third kappa shape index (κ3) is 2.49. The molecule has 1 unspecified atom stereocenters. The lowest BCUT2D eigenvalue weighted by Crippen LogP contribution is -2.25. The molecular weight excluding hydrogens is 286 g/mol. The number of alkyl halides is 1. The Labute approximate surface area is 121 Å². The van der Waals surface area contributed by atoms with Gasteiger partial charge >= 0.3 is 5.97 Å². The van der Waals surface area contributed by atoms with Crippen LogP contribution >= 0.6 is 22.9 Å². The van der Waals surface area contributed by atoms with Crippen molar-refractivity contribution in [1.29, 1.82) is 0 Å². The normalized spacial score (nSPS) is 19.1. The Balaban J connectivity index is 2.51. The third-order valence-corrected chi connectivity index (χ3v) is 4.72. The number of methoxy groups -OCH3 is 1. The van der Waals surface area contributed by atoms with Crippen LogP contribution in [0.2, 0.25) is 0 Å². The molecule has 2 rings (SSSR count). The van der Waals surface area contributed by atoms with Crippen molar-refractivity contribution in [2.45, 2.75) is 32.1 Å². The molecule has 4 nitrogen and oxygen atoms in total. The van der Waals surface area contributed by atoms with Crippen molar-refractivity contribution in [3.63, 3.8) is 0 Å². The number of hydrogen-bond donors (Lipinski definition) is 0. The summed E-state index contributed by atoms with van der Waals surface area (Å²) in [7, 11) is 1.36. The summed E-state index contributed by atoms with van der Waals surface area (Å²) < 4.78 is 4.85. The lowest BCUT2D eigenvalue weighted by Gasteiger charge is -2.15. The molecule has 1 saturated heterocycles. The van der Waals surface area contributed by atoms with Gasteiger partial charge in [0.15, 0.2) is 0 Å². The third-order valence-electron chi connectivity index (χ3n) is 3.26. The highest BCUT2D eigenvalue weighted by molar-refractivity contribution is 7.17. The Hall–Kier alpha value is -1.07. The second-order valence-electron chi connectivity index (χ2n) is 4.47. The molecule has 1 aromatic rings. The summed E-state index contributed by atoms with van der Waals surface area (Å²) >= 11 is 7.48. The molecule has 1 aliphatic rings. The van der Waals surface area contributed by atoms with E-state index in [1.54, 1.807) is 4.90 Å². The quantitative estimate of drug-likeness (QED) is 0.637. The molecule has 1 fully saturated rings. The first kappa shape index (κ1) is 14.3. The monoisotopic (exact) mass is 301 g/mol. The van der Waals surface area contributed by atoms with Gasteiger partial charge in [-0.25, -0.2) is 4.79 Å². The Bertz CT molecular complexity index is 526. The summed E-state index contributed by atoms with van der Waals surface area (Å²) in [6, 6.07) is 0. The number of esters is 1. The molecule has 0 N–H and O–H groups in total. The van der Waals surface area contributed by atoms with E-state index in [4.69, 9.17) is 16.3 Å². The smallest absolute Gasteiger partial charge is 0.341 e. The molecule has 0 saturated carbocycles. The minimum Gasteiger partial charge on any atom is -0.465 e. The van der Waals surface area contributed by atoms with E-state index >= 15 is 0 Å². The number of aryl methyl sites for hydroxylation is 1.